The molecule has 140 valence electrons. The van der Waals surface area contributed by atoms with E-state index >= 15 is 0 Å². The van der Waals surface area contributed by atoms with E-state index in [1.807, 2.05) is 24.3 Å². The summed E-state index contributed by atoms with van der Waals surface area (Å²) < 4.78 is 19.2. The fourth-order valence-electron chi connectivity index (χ4n) is 3.74. The van der Waals surface area contributed by atoms with E-state index in [1.165, 1.54) is 13.2 Å². The normalized spacial score (nSPS) is 14.7. The second kappa shape index (κ2) is 8.22. The minimum atomic E-state index is -0.434. The zero-order valence-electron chi connectivity index (χ0n) is 15.7. The summed E-state index contributed by atoms with van der Waals surface area (Å²) in [7, 11) is 1.33. The smallest absolute Gasteiger partial charge is 0.338 e. The molecule has 1 aliphatic rings. The molecule has 0 atom stereocenters. The number of esters is 1. The average molecular weight is 366 g/mol. The van der Waals surface area contributed by atoms with Gasteiger partial charge in [0.1, 0.15) is 11.9 Å². The van der Waals surface area contributed by atoms with Gasteiger partial charge >= 0.3 is 5.97 Å². The molecule has 3 rings (SSSR count). The van der Waals surface area contributed by atoms with Crippen molar-refractivity contribution in [3.05, 3.63) is 64.5 Å². The van der Waals surface area contributed by atoms with E-state index in [9.17, 15) is 14.4 Å². The first kappa shape index (κ1) is 18.9. The monoisotopic (exact) mass is 366 g/mol. The van der Waals surface area contributed by atoms with E-state index in [0.717, 1.165) is 31.6 Å². The van der Waals surface area contributed by atoms with Gasteiger partial charge in [-0.25, -0.2) is 9.18 Å². The number of ether oxygens (including phenoxy) is 1. The standard InChI is InChI=1S/C22H23FN2O2/c1-15-11-20(23)18(13-19(15)22(26)27-2)12-16-7-9-25(10-8-16)21-6-4-3-5-17(21)14-24/h3-6,11,13,16H,7-10,12H2,1-2H3. The molecule has 0 unspecified atom stereocenters. The van der Waals surface area contributed by atoms with Crippen molar-refractivity contribution in [2.45, 2.75) is 26.2 Å². The van der Waals surface area contributed by atoms with Crippen molar-refractivity contribution in [1.29, 1.82) is 5.26 Å². The lowest BCUT2D eigenvalue weighted by Crippen LogP contribution is -2.34. The van der Waals surface area contributed by atoms with Crippen molar-refractivity contribution in [1.82, 2.24) is 0 Å². The highest BCUT2D eigenvalue weighted by molar-refractivity contribution is 5.91. The largest absolute Gasteiger partial charge is 0.465 e. The molecule has 27 heavy (non-hydrogen) atoms. The van der Waals surface area contributed by atoms with Gasteiger partial charge in [0.2, 0.25) is 0 Å². The zero-order valence-corrected chi connectivity index (χ0v) is 15.7. The number of methoxy groups -OCH3 is 1. The highest BCUT2D eigenvalue weighted by atomic mass is 19.1. The number of para-hydroxylation sites is 1. The quantitative estimate of drug-likeness (QED) is 0.759. The molecule has 2 aromatic rings. The fraction of sp³-hybridized carbons (Fsp3) is 0.364. The second-order valence-electron chi connectivity index (χ2n) is 7.01. The Balaban J connectivity index is 1.69. The third kappa shape index (κ3) is 4.11. The van der Waals surface area contributed by atoms with E-state index in [0.29, 0.717) is 34.6 Å². The van der Waals surface area contributed by atoms with Crippen LogP contribution < -0.4 is 4.90 Å². The Morgan fingerprint density at radius 3 is 2.67 bits per heavy atom. The molecule has 0 bridgehead atoms. The number of benzene rings is 2. The number of aryl methyl sites for hydroxylation is 1. The molecular weight excluding hydrogens is 343 g/mol. The van der Waals surface area contributed by atoms with Crippen LogP contribution in [-0.2, 0) is 11.2 Å². The van der Waals surface area contributed by atoms with Crippen LogP contribution in [0.15, 0.2) is 36.4 Å². The third-order valence-corrected chi connectivity index (χ3v) is 5.29. The SMILES string of the molecule is COC(=O)c1cc(CC2CCN(c3ccccc3C#N)CC2)c(F)cc1C. The number of carbonyl (C=O) groups is 1. The minimum Gasteiger partial charge on any atom is -0.465 e. The van der Waals surface area contributed by atoms with Crippen LogP contribution in [0.2, 0.25) is 0 Å². The maximum atomic E-state index is 14.4. The van der Waals surface area contributed by atoms with Crippen LogP contribution in [0.5, 0.6) is 0 Å². The van der Waals surface area contributed by atoms with Gasteiger partial charge in [-0.05, 0) is 67.5 Å². The Morgan fingerprint density at radius 2 is 2.00 bits per heavy atom. The molecule has 0 radical (unpaired) electrons. The van der Waals surface area contributed by atoms with Crippen molar-refractivity contribution < 1.29 is 13.9 Å². The molecule has 0 aromatic heterocycles. The summed E-state index contributed by atoms with van der Waals surface area (Å²) >= 11 is 0. The van der Waals surface area contributed by atoms with Crippen molar-refractivity contribution in [2.75, 3.05) is 25.1 Å². The Kier molecular flexibility index (Phi) is 5.75. The van der Waals surface area contributed by atoms with E-state index in [2.05, 4.69) is 11.0 Å². The lowest BCUT2D eigenvalue weighted by molar-refractivity contribution is 0.0599. The molecule has 0 aliphatic carbocycles. The number of halogens is 1. The van der Waals surface area contributed by atoms with E-state index < -0.39 is 5.97 Å². The van der Waals surface area contributed by atoms with Gasteiger partial charge in [-0.15, -0.1) is 0 Å². The number of hydrogen-bond donors (Lipinski definition) is 0. The Labute approximate surface area is 159 Å². The number of carbonyl (C=O) groups excluding carboxylic acids is 1. The maximum Gasteiger partial charge on any atom is 0.338 e. The van der Waals surface area contributed by atoms with Crippen LogP contribution in [-0.4, -0.2) is 26.2 Å². The number of nitriles is 1. The summed E-state index contributed by atoms with van der Waals surface area (Å²) in [6.45, 7) is 3.38. The van der Waals surface area contributed by atoms with Crippen LogP contribution in [0.3, 0.4) is 0 Å². The molecule has 4 nitrogen and oxygen atoms in total. The van der Waals surface area contributed by atoms with Gasteiger partial charge in [0.25, 0.3) is 0 Å². The van der Waals surface area contributed by atoms with Crippen LogP contribution in [0.25, 0.3) is 0 Å². The molecule has 0 spiro atoms. The van der Waals surface area contributed by atoms with Gasteiger partial charge in [-0.3, -0.25) is 0 Å². The third-order valence-electron chi connectivity index (χ3n) is 5.29. The molecule has 1 aliphatic heterocycles. The summed E-state index contributed by atoms with van der Waals surface area (Å²) in [5.74, 6) is -0.354. The molecule has 2 aromatic carbocycles. The molecule has 0 saturated carbocycles. The molecular formula is C22H23FN2O2. The van der Waals surface area contributed by atoms with Crippen LogP contribution in [0.1, 0.15) is 39.9 Å². The fourth-order valence-corrected chi connectivity index (χ4v) is 3.74. The van der Waals surface area contributed by atoms with E-state index in [-0.39, 0.29) is 5.82 Å². The summed E-state index contributed by atoms with van der Waals surface area (Å²) in [5.41, 5.74) is 3.23. The van der Waals surface area contributed by atoms with Gasteiger partial charge in [-0.2, -0.15) is 5.26 Å². The van der Waals surface area contributed by atoms with Crippen LogP contribution >= 0.6 is 0 Å². The lowest BCUT2D eigenvalue weighted by atomic mass is 9.88. The average Bonchev–Trinajstić information content (AvgIpc) is 2.70. The zero-order chi connectivity index (χ0) is 19.4. The molecule has 1 heterocycles. The number of anilines is 1. The minimum absolute atomic E-state index is 0.266. The summed E-state index contributed by atoms with van der Waals surface area (Å²) in [6, 6.07) is 12.9. The number of nitrogens with zero attached hydrogens (tertiary/aromatic N) is 2. The Morgan fingerprint density at radius 1 is 1.30 bits per heavy atom. The van der Waals surface area contributed by atoms with E-state index in [1.54, 1.807) is 13.0 Å². The number of hydrogen-bond acceptors (Lipinski definition) is 4. The molecule has 5 heteroatoms. The summed E-state index contributed by atoms with van der Waals surface area (Å²) in [4.78, 5) is 14.1. The first-order valence-corrected chi connectivity index (χ1v) is 9.15. The lowest BCUT2D eigenvalue weighted by Gasteiger charge is -2.34. The Hall–Kier alpha value is -2.87. The van der Waals surface area contributed by atoms with Gasteiger partial charge in [0, 0.05) is 13.1 Å². The topological polar surface area (TPSA) is 53.3 Å². The number of rotatable bonds is 4. The summed E-state index contributed by atoms with van der Waals surface area (Å²) in [5, 5.41) is 9.28. The molecule has 1 fully saturated rings. The van der Waals surface area contributed by atoms with Gasteiger partial charge < -0.3 is 9.64 Å². The predicted molar refractivity (Wildman–Crippen MR) is 102 cm³/mol. The van der Waals surface area contributed by atoms with Crippen molar-refractivity contribution in [3.8, 4) is 6.07 Å². The van der Waals surface area contributed by atoms with Crippen molar-refractivity contribution >= 4 is 11.7 Å². The van der Waals surface area contributed by atoms with Gasteiger partial charge in [0.05, 0.1) is 23.9 Å². The van der Waals surface area contributed by atoms with Gasteiger partial charge in [-0.1, -0.05) is 12.1 Å². The van der Waals surface area contributed by atoms with Crippen molar-refractivity contribution in [2.24, 2.45) is 5.92 Å². The molecule has 0 N–H and O–H groups in total. The molecule has 0 amide bonds. The van der Waals surface area contributed by atoms with Crippen molar-refractivity contribution in [3.63, 3.8) is 0 Å². The highest BCUT2D eigenvalue weighted by Crippen LogP contribution is 2.29. The van der Waals surface area contributed by atoms with E-state index in [4.69, 9.17) is 4.74 Å². The predicted octanol–water partition coefficient (Wildman–Crippen LogP) is 4.25. The van der Waals surface area contributed by atoms with Gasteiger partial charge in [0.15, 0.2) is 0 Å². The summed E-state index contributed by atoms with van der Waals surface area (Å²) in [6.07, 6.45) is 2.44. The van der Waals surface area contributed by atoms with Crippen LogP contribution in [0, 0.1) is 30.0 Å². The first-order chi connectivity index (χ1) is 13.0. The number of piperidine rings is 1. The molecule has 1 saturated heterocycles. The second-order valence-corrected chi connectivity index (χ2v) is 7.01. The van der Waals surface area contributed by atoms with Crippen LogP contribution in [0.4, 0.5) is 10.1 Å². The Bertz CT molecular complexity index is 880. The highest BCUT2D eigenvalue weighted by Gasteiger charge is 2.23. The maximum absolute atomic E-state index is 14.4. The first-order valence-electron chi connectivity index (χ1n) is 9.15.